The summed E-state index contributed by atoms with van der Waals surface area (Å²) < 4.78 is 1.39. The van der Waals surface area contributed by atoms with Crippen molar-refractivity contribution in [1.29, 1.82) is 0 Å². The molecule has 0 spiro atoms. The number of hydrogen-bond acceptors (Lipinski definition) is 6. The lowest BCUT2D eigenvalue weighted by Gasteiger charge is -2.18. The molecule has 0 saturated heterocycles. The topological polar surface area (TPSA) is 110 Å². The van der Waals surface area contributed by atoms with Gasteiger partial charge in [0, 0.05) is 17.5 Å². The Kier molecular flexibility index (Phi) is 6.03. The highest BCUT2D eigenvalue weighted by atomic mass is 32.1. The van der Waals surface area contributed by atoms with Crippen molar-refractivity contribution < 1.29 is 4.79 Å². The van der Waals surface area contributed by atoms with Crippen LogP contribution in [0.2, 0.25) is 0 Å². The van der Waals surface area contributed by atoms with Crippen molar-refractivity contribution >= 4 is 28.0 Å². The molecule has 2 N–H and O–H groups in total. The summed E-state index contributed by atoms with van der Waals surface area (Å²) in [5.41, 5.74) is 0.709. The van der Waals surface area contributed by atoms with Gasteiger partial charge in [0.25, 0.3) is 11.1 Å². The fourth-order valence-electron chi connectivity index (χ4n) is 3.36. The van der Waals surface area contributed by atoms with Crippen LogP contribution in [0.15, 0.2) is 63.5 Å². The summed E-state index contributed by atoms with van der Waals surface area (Å²) in [4.78, 5) is 37.9. The van der Waals surface area contributed by atoms with E-state index >= 15 is 0 Å². The first-order valence-electron chi connectivity index (χ1n) is 9.93. The average Bonchev–Trinajstić information content (AvgIpc) is 3.32. The molecule has 4 aromatic rings. The maximum atomic E-state index is 12.7. The molecule has 0 aliphatic rings. The van der Waals surface area contributed by atoms with Gasteiger partial charge in [-0.15, -0.1) is 11.3 Å². The fourth-order valence-corrected chi connectivity index (χ4v) is 4.05. The predicted molar refractivity (Wildman–Crippen MR) is 120 cm³/mol. The van der Waals surface area contributed by atoms with Gasteiger partial charge < -0.3 is 5.32 Å². The van der Waals surface area contributed by atoms with E-state index < -0.39 is 0 Å². The molecule has 0 aliphatic carbocycles. The van der Waals surface area contributed by atoms with Crippen molar-refractivity contribution in [2.24, 2.45) is 0 Å². The van der Waals surface area contributed by atoms with E-state index in [4.69, 9.17) is 0 Å². The third-order valence-corrected chi connectivity index (χ3v) is 5.89. The molecule has 1 atom stereocenters. The Morgan fingerprint density at radius 1 is 1.13 bits per heavy atom. The molecule has 0 radical (unpaired) electrons. The Morgan fingerprint density at radius 3 is 2.68 bits per heavy atom. The zero-order chi connectivity index (χ0) is 21.8. The summed E-state index contributed by atoms with van der Waals surface area (Å²) in [5.74, 6) is -0.237. The van der Waals surface area contributed by atoms with Crippen LogP contribution in [0.4, 0.5) is 0 Å². The molecule has 31 heavy (non-hydrogen) atoms. The van der Waals surface area contributed by atoms with E-state index in [1.807, 2.05) is 24.4 Å². The maximum absolute atomic E-state index is 12.7. The van der Waals surface area contributed by atoms with Gasteiger partial charge in [-0.3, -0.25) is 14.4 Å². The van der Waals surface area contributed by atoms with Crippen LogP contribution in [0.25, 0.3) is 21.3 Å². The highest BCUT2D eigenvalue weighted by molar-refractivity contribution is 7.13. The first-order chi connectivity index (χ1) is 15.0. The molecule has 0 fully saturated rings. The quantitative estimate of drug-likeness (QED) is 0.463. The standard InChI is InChI=1S/C22H21N5O3S/c1-2-14(13-27-21(29)10-9-17(26-27)19-8-5-11-31-19)23-20(28)12-18-15-6-3-4-7-16(15)22(30)25-24-18/h3-11,14H,2,12-13H2,1H3,(H,23,28)(H,25,30)/t14-/m1/s1. The molecular weight excluding hydrogens is 414 g/mol. The third kappa shape index (κ3) is 4.61. The minimum absolute atomic E-state index is 0.0192. The normalized spacial score (nSPS) is 12.0. The van der Waals surface area contributed by atoms with Crippen LogP contribution in [0.1, 0.15) is 19.0 Å². The van der Waals surface area contributed by atoms with Crippen LogP contribution < -0.4 is 16.4 Å². The van der Waals surface area contributed by atoms with Crippen molar-refractivity contribution in [3.63, 3.8) is 0 Å². The number of carbonyl (C=O) groups is 1. The smallest absolute Gasteiger partial charge is 0.272 e. The van der Waals surface area contributed by atoms with Gasteiger partial charge in [-0.1, -0.05) is 31.2 Å². The molecule has 4 rings (SSSR count). The molecular formula is C22H21N5O3S. The van der Waals surface area contributed by atoms with Crippen LogP contribution in [-0.4, -0.2) is 31.9 Å². The lowest BCUT2D eigenvalue weighted by molar-refractivity contribution is -0.121. The average molecular weight is 436 g/mol. The van der Waals surface area contributed by atoms with E-state index in [1.165, 1.54) is 10.7 Å². The van der Waals surface area contributed by atoms with Crippen LogP contribution in [0.5, 0.6) is 0 Å². The fraction of sp³-hybridized carbons (Fsp3) is 0.227. The van der Waals surface area contributed by atoms with Crippen molar-refractivity contribution in [3.8, 4) is 10.6 Å². The van der Waals surface area contributed by atoms with Gasteiger partial charge in [0.1, 0.15) is 5.69 Å². The van der Waals surface area contributed by atoms with Crippen LogP contribution in [-0.2, 0) is 17.8 Å². The zero-order valence-electron chi connectivity index (χ0n) is 16.9. The van der Waals surface area contributed by atoms with Gasteiger partial charge in [0.15, 0.2) is 0 Å². The molecule has 0 aliphatic heterocycles. The number of nitrogens with zero attached hydrogens (tertiary/aromatic N) is 3. The highest BCUT2D eigenvalue weighted by Gasteiger charge is 2.16. The Balaban J connectivity index is 1.50. The highest BCUT2D eigenvalue weighted by Crippen LogP contribution is 2.21. The molecule has 0 saturated carbocycles. The number of nitrogens with one attached hydrogen (secondary N) is 2. The minimum Gasteiger partial charge on any atom is -0.351 e. The number of carbonyl (C=O) groups excluding carboxylic acids is 1. The van der Waals surface area contributed by atoms with Gasteiger partial charge in [-0.2, -0.15) is 10.2 Å². The Morgan fingerprint density at radius 2 is 1.94 bits per heavy atom. The van der Waals surface area contributed by atoms with E-state index in [0.29, 0.717) is 22.9 Å². The molecule has 0 bridgehead atoms. The summed E-state index contributed by atoms with van der Waals surface area (Å²) in [6, 6.07) is 13.8. The first kappa shape index (κ1) is 20.7. The number of thiophene rings is 1. The van der Waals surface area contributed by atoms with E-state index in [9.17, 15) is 14.4 Å². The van der Waals surface area contributed by atoms with Crippen molar-refractivity contribution in [1.82, 2.24) is 25.3 Å². The molecule has 1 aromatic carbocycles. The van der Waals surface area contributed by atoms with Crippen LogP contribution in [0.3, 0.4) is 0 Å². The van der Waals surface area contributed by atoms with E-state index in [-0.39, 0.29) is 36.0 Å². The van der Waals surface area contributed by atoms with Gasteiger partial charge in [-0.25, -0.2) is 9.78 Å². The monoisotopic (exact) mass is 435 g/mol. The Labute approximate surface area is 181 Å². The molecule has 3 heterocycles. The van der Waals surface area contributed by atoms with Crippen molar-refractivity contribution in [2.75, 3.05) is 0 Å². The van der Waals surface area contributed by atoms with E-state index in [0.717, 1.165) is 10.6 Å². The van der Waals surface area contributed by atoms with Crippen LogP contribution in [0, 0.1) is 0 Å². The number of H-pyrrole nitrogens is 1. The molecule has 3 aromatic heterocycles. The molecule has 158 valence electrons. The second-order valence-corrected chi connectivity index (χ2v) is 8.06. The number of fused-ring (bicyclic) bond motifs is 1. The Hall–Kier alpha value is -3.59. The van der Waals surface area contributed by atoms with Gasteiger partial charge in [0.05, 0.1) is 28.9 Å². The second kappa shape index (κ2) is 9.05. The largest absolute Gasteiger partial charge is 0.351 e. The van der Waals surface area contributed by atoms with E-state index in [1.54, 1.807) is 41.7 Å². The maximum Gasteiger partial charge on any atom is 0.272 e. The lowest BCUT2D eigenvalue weighted by Crippen LogP contribution is -2.41. The molecule has 9 heteroatoms. The van der Waals surface area contributed by atoms with Crippen LogP contribution >= 0.6 is 11.3 Å². The predicted octanol–water partition coefficient (Wildman–Crippen LogP) is 2.35. The molecule has 0 unspecified atom stereocenters. The molecule has 1 amide bonds. The lowest BCUT2D eigenvalue weighted by atomic mass is 10.1. The number of amides is 1. The summed E-state index contributed by atoms with van der Waals surface area (Å²) in [6.07, 6.45) is 0.647. The SMILES string of the molecule is CC[C@H](Cn1nc(-c2cccs2)ccc1=O)NC(=O)Cc1n[nH]c(=O)c2ccccc12. The molecule has 8 nitrogen and oxygen atoms in total. The summed E-state index contributed by atoms with van der Waals surface area (Å²) in [5, 5.41) is 17.0. The number of hydrogen-bond donors (Lipinski definition) is 2. The first-order valence-corrected chi connectivity index (χ1v) is 10.8. The van der Waals surface area contributed by atoms with Crippen molar-refractivity contribution in [2.45, 2.75) is 32.4 Å². The number of aromatic nitrogens is 4. The summed E-state index contributed by atoms with van der Waals surface area (Å²) in [7, 11) is 0. The summed E-state index contributed by atoms with van der Waals surface area (Å²) in [6.45, 7) is 2.20. The second-order valence-electron chi connectivity index (χ2n) is 7.11. The van der Waals surface area contributed by atoms with Gasteiger partial charge in [0.2, 0.25) is 5.91 Å². The van der Waals surface area contributed by atoms with Crippen molar-refractivity contribution in [3.05, 3.63) is 80.3 Å². The van der Waals surface area contributed by atoms with E-state index in [2.05, 4.69) is 20.6 Å². The number of aromatic amines is 1. The van der Waals surface area contributed by atoms with Gasteiger partial charge in [-0.05, 0) is 30.0 Å². The number of rotatable bonds is 7. The Bertz CT molecular complexity index is 1330. The van der Waals surface area contributed by atoms with Gasteiger partial charge >= 0.3 is 0 Å². The zero-order valence-corrected chi connectivity index (χ0v) is 17.7. The minimum atomic E-state index is -0.290. The third-order valence-electron chi connectivity index (χ3n) is 4.99. The number of benzene rings is 1. The summed E-state index contributed by atoms with van der Waals surface area (Å²) >= 11 is 1.55.